The number of nitrogens with two attached hydrogens (primary N) is 1. The quantitative estimate of drug-likeness (QED) is 0.587. The summed E-state index contributed by atoms with van der Waals surface area (Å²) >= 11 is 1.50. The van der Waals surface area contributed by atoms with Crippen molar-refractivity contribution in [3.8, 4) is 0 Å². The first-order chi connectivity index (χ1) is 6.63. The van der Waals surface area contributed by atoms with E-state index in [2.05, 4.69) is 5.32 Å². The first-order valence-corrected chi connectivity index (χ1v) is 5.25. The monoisotopic (exact) mass is 210 g/mol. The highest BCUT2D eigenvalue weighted by Gasteiger charge is 2.11. The molecule has 0 saturated heterocycles. The molecule has 1 aromatic carbocycles. The average molecular weight is 210 g/mol. The van der Waals surface area contributed by atoms with E-state index in [4.69, 9.17) is 5.73 Å². The van der Waals surface area contributed by atoms with Gasteiger partial charge in [-0.1, -0.05) is 6.07 Å². The highest BCUT2D eigenvalue weighted by molar-refractivity contribution is 8.00. The minimum atomic E-state index is -0.0956. The fourth-order valence-electron chi connectivity index (χ4n) is 1.05. The second-order valence-electron chi connectivity index (χ2n) is 2.95. The number of benzene rings is 1. The molecule has 1 unspecified atom stereocenters. The number of rotatable bonds is 3. The molecule has 0 aliphatic heterocycles. The van der Waals surface area contributed by atoms with Gasteiger partial charge in [-0.2, -0.15) is 0 Å². The Kier molecular flexibility index (Phi) is 3.83. The number of nitrogens with one attached hydrogen (secondary N) is 1. The van der Waals surface area contributed by atoms with Gasteiger partial charge >= 0.3 is 0 Å². The standard InChI is InChI=1S/C10H14N2OS/c1-7(10(13)12-2)14-9-5-3-4-8(11)6-9/h3-7H,11H2,1-2H3,(H,12,13). The van der Waals surface area contributed by atoms with Gasteiger partial charge in [0.25, 0.3) is 0 Å². The normalized spacial score (nSPS) is 12.1. The van der Waals surface area contributed by atoms with Gasteiger partial charge in [0.05, 0.1) is 5.25 Å². The molecule has 4 heteroatoms. The van der Waals surface area contributed by atoms with Crippen LogP contribution in [-0.2, 0) is 4.79 Å². The summed E-state index contributed by atoms with van der Waals surface area (Å²) in [5.41, 5.74) is 6.35. The van der Waals surface area contributed by atoms with Crippen molar-refractivity contribution in [2.45, 2.75) is 17.1 Å². The van der Waals surface area contributed by atoms with E-state index in [0.29, 0.717) is 0 Å². The maximum absolute atomic E-state index is 11.2. The highest BCUT2D eigenvalue weighted by atomic mass is 32.2. The van der Waals surface area contributed by atoms with Gasteiger partial charge in [0, 0.05) is 17.6 Å². The summed E-state index contributed by atoms with van der Waals surface area (Å²) < 4.78 is 0. The zero-order valence-corrected chi connectivity index (χ0v) is 9.10. The van der Waals surface area contributed by atoms with Crippen LogP contribution < -0.4 is 11.1 Å². The Morgan fingerprint density at radius 3 is 2.86 bits per heavy atom. The van der Waals surface area contributed by atoms with E-state index in [9.17, 15) is 4.79 Å². The fraction of sp³-hybridized carbons (Fsp3) is 0.300. The number of anilines is 1. The predicted octanol–water partition coefficient (Wildman–Crippen LogP) is 1.50. The Morgan fingerprint density at radius 1 is 1.57 bits per heavy atom. The van der Waals surface area contributed by atoms with Crippen LogP contribution in [-0.4, -0.2) is 18.2 Å². The Balaban J connectivity index is 2.64. The number of thioether (sulfide) groups is 1. The molecule has 1 aromatic rings. The number of hydrogen-bond donors (Lipinski definition) is 2. The molecule has 0 aliphatic carbocycles. The number of nitrogen functional groups attached to an aromatic ring is 1. The first kappa shape index (κ1) is 10.9. The van der Waals surface area contributed by atoms with E-state index in [1.165, 1.54) is 11.8 Å². The SMILES string of the molecule is CNC(=O)C(C)Sc1cccc(N)c1. The van der Waals surface area contributed by atoms with Crippen molar-refractivity contribution >= 4 is 23.4 Å². The predicted molar refractivity (Wildman–Crippen MR) is 60.2 cm³/mol. The number of hydrogen-bond acceptors (Lipinski definition) is 3. The lowest BCUT2D eigenvalue weighted by atomic mass is 10.3. The molecule has 0 spiro atoms. The van der Waals surface area contributed by atoms with Gasteiger partial charge in [0.2, 0.25) is 5.91 Å². The van der Waals surface area contributed by atoms with E-state index in [0.717, 1.165) is 10.6 Å². The summed E-state index contributed by atoms with van der Waals surface area (Å²) in [5, 5.41) is 2.51. The molecule has 0 bridgehead atoms. The molecule has 1 rings (SSSR count). The van der Waals surface area contributed by atoms with Crippen LogP contribution in [0.15, 0.2) is 29.2 Å². The van der Waals surface area contributed by atoms with E-state index in [1.807, 2.05) is 31.2 Å². The van der Waals surface area contributed by atoms with Crippen molar-refractivity contribution in [1.29, 1.82) is 0 Å². The third kappa shape index (κ3) is 2.96. The molecule has 14 heavy (non-hydrogen) atoms. The number of amides is 1. The molecule has 0 radical (unpaired) electrons. The maximum Gasteiger partial charge on any atom is 0.232 e. The molecule has 0 heterocycles. The lowest BCUT2D eigenvalue weighted by Gasteiger charge is -2.09. The molecule has 0 saturated carbocycles. The highest BCUT2D eigenvalue weighted by Crippen LogP contribution is 2.24. The van der Waals surface area contributed by atoms with Gasteiger partial charge < -0.3 is 11.1 Å². The lowest BCUT2D eigenvalue weighted by Crippen LogP contribution is -2.27. The van der Waals surface area contributed by atoms with E-state index >= 15 is 0 Å². The topological polar surface area (TPSA) is 55.1 Å². The zero-order valence-electron chi connectivity index (χ0n) is 8.28. The van der Waals surface area contributed by atoms with Crippen molar-refractivity contribution < 1.29 is 4.79 Å². The molecule has 1 amide bonds. The van der Waals surface area contributed by atoms with Gasteiger partial charge in [0.1, 0.15) is 0 Å². The average Bonchev–Trinajstić information content (AvgIpc) is 2.16. The fourth-order valence-corrected chi connectivity index (χ4v) is 2.04. The smallest absolute Gasteiger partial charge is 0.232 e. The van der Waals surface area contributed by atoms with Crippen molar-refractivity contribution in [1.82, 2.24) is 5.32 Å². The minimum absolute atomic E-state index is 0.0254. The van der Waals surface area contributed by atoms with Gasteiger partial charge in [-0.25, -0.2) is 0 Å². The largest absolute Gasteiger partial charge is 0.399 e. The van der Waals surface area contributed by atoms with Gasteiger partial charge in [-0.15, -0.1) is 11.8 Å². The summed E-state index contributed by atoms with van der Waals surface area (Å²) in [7, 11) is 1.64. The molecule has 76 valence electrons. The second-order valence-corrected chi connectivity index (χ2v) is 4.36. The van der Waals surface area contributed by atoms with E-state index in [1.54, 1.807) is 7.05 Å². The first-order valence-electron chi connectivity index (χ1n) is 4.37. The Hall–Kier alpha value is -1.16. The van der Waals surface area contributed by atoms with Crippen LogP contribution in [0.1, 0.15) is 6.92 Å². The van der Waals surface area contributed by atoms with E-state index in [-0.39, 0.29) is 11.2 Å². The summed E-state index contributed by atoms with van der Waals surface area (Å²) in [6, 6.07) is 7.52. The summed E-state index contributed by atoms with van der Waals surface area (Å²) in [6.07, 6.45) is 0. The van der Waals surface area contributed by atoms with Crippen LogP contribution in [0.25, 0.3) is 0 Å². The molecule has 3 N–H and O–H groups in total. The molecular formula is C10H14N2OS. The molecular weight excluding hydrogens is 196 g/mol. The van der Waals surface area contributed by atoms with E-state index < -0.39 is 0 Å². The zero-order chi connectivity index (χ0) is 10.6. The number of carbonyl (C=O) groups is 1. The minimum Gasteiger partial charge on any atom is -0.399 e. The van der Waals surface area contributed by atoms with Crippen LogP contribution in [0.5, 0.6) is 0 Å². The van der Waals surface area contributed by atoms with Gasteiger partial charge in [-0.3, -0.25) is 4.79 Å². The van der Waals surface area contributed by atoms with Crippen LogP contribution in [0, 0.1) is 0 Å². The third-order valence-corrected chi connectivity index (χ3v) is 2.88. The van der Waals surface area contributed by atoms with Crippen molar-refractivity contribution in [2.24, 2.45) is 0 Å². The Morgan fingerprint density at radius 2 is 2.29 bits per heavy atom. The van der Waals surface area contributed by atoms with Gasteiger partial charge in [-0.05, 0) is 25.1 Å². The molecule has 0 aliphatic rings. The van der Waals surface area contributed by atoms with Crippen molar-refractivity contribution in [2.75, 3.05) is 12.8 Å². The molecule has 1 atom stereocenters. The molecule has 3 nitrogen and oxygen atoms in total. The second kappa shape index (κ2) is 4.91. The number of carbonyl (C=O) groups excluding carboxylic acids is 1. The Labute approximate surface area is 88.1 Å². The third-order valence-electron chi connectivity index (χ3n) is 1.79. The maximum atomic E-state index is 11.2. The van der Waals surface area contributed by atoms with Crippen LogP contribution in [0.3, 0.4) is 0 Å². The van der Waals surface area contributed by atoms with Crippen LogP contribution in [0.2, 0.25) is 0 Å². The summed E-state index contributed by atoms with van der Waals surface area (Å²) in [4.78, 5) is 12.3. The van der Waals surface area contributed by atoms with Crippen LogP contribution >= 0.6 is 11.8 Å². The van der Waals surface area contributed by atoms with Crippen molar-refractivity contribution in [3.05, 3.63) is 24.3 Å². The Bertz CT molecular complexity index is 328. The van der Waals surface area contributed by atoms with Gasteiger partial charge in [0.15, 0.2) is 0 Å². The summed E-state index contributed by atoms with van der Waals surface area (Å²) in [6.45, 7) is 1.87. The summed E-state index contributed by atoms with van der Waals surface area (Å²) in [5.74, 6) is 0.0254. The lowest BCUT2D eigenvalue weighted by molar-refractivity contribution is -0.119. The van der Waals surface area contributed by atoms with Crippen molar-refractivity contribution in [3.63, 3.8) is 0 Å². The molecule has 0 aromatic heterocycles. The molecule has 0 fully saturated rings. The van der Waals surface area contributed by atoms with Crippen LogP contribution in [0.4, 0.5) is 5.69 Å².